The van der Waals surface area contributed by atoms with Crippen LogP contribution in [0.15, 0.2) is 0 Å². The quantitative estimate of drug-likeness (QED) is 0.751. The molecular formula is C13H25NO2. The molecule has 0 amide bonds. The Morgan fingerprint density at radius 3 is 2.56 bits per heavy atom. The molecule has 0 spiro atoms. The topological polar surface area (TPSA) is 30.5 Å². The molecule has 0 aromatic carbocycles. The van der Waals surface area contributed by atoms with E-state index in [0.717, 1.165) is 25.5 Å². The van der Waals surface area contributed by atoms with E-state index in [4.69, 9.17) is 9.47 Å². The largest absolute Gasteiger partial charge is 0.377 e. The summed E-state index contributed by atoms with van der Waals surface area (Å²) in [6, 6.07) is 0.498. The lowest BCUT2D eigenvalue weighted by Crippen LogP contribution is -2.60. The van der Waals surface area contributed by atoms with Gasteiger partial charge in [0.05, 0.1) is 12.2 Å². The van der Waals surface area contributed by atoms with Gasteiger partial charge < -0.3 is 14.8 Å². The zero-order chi connectivity index (χ0) is 11.8. The number of hydrogen-bond acceptors (Lipinski definition) is 3. The van der Waals surface area contributed by atoms with Gasteiger partial charge in [0, 0.05) is 19.8 Å². The van der Waals surface area contributed by atoms with Crippen molar-refractivity contribution in [2.24, 2.45) is 11.3 Å². The van der Waals surface area contributed by atoms with Crippen LogP contribution in [-0.4, -0.2) is 38.5 Å². The second kappa shape index (κ2) is 4.63. The number of rotatable bonds is 6. The Labute approximate surface area is 98.9 Å². The zero-order valence-electron chi connectivity index (χ0n) is 11.0. The van der Waals surface area contributed by atoms with E-state index in [1.165, 1.54) is 6.42 Å². The number of hydrogen-bond donors (Lipinski definition) is 1. The Morgan fingerprint density at radius 2 is 2.06 bits per heavy atom. The van der Waals surface area contributed by atoms with Gasteiger partial charge in [-0.3, -0.25) is 0 Å². The summed E-state index contributed by atoms with van der Waals surface area (Å²) in [6.45, 7) is 8.65. The van der Waals surface area contributed by atoms with E-state index in [-0.39, 0.29) is 6.10 Å². The van der Waals surface area contributed by atoms with Gasteiger partial charge in [0.1, 0.15) is 0 Å². The van der Waals surface area contributed by atoms with Crippen molar-refractivity contribution in [3.8, 4) is 0 Å². The Morgan fingerprint density at radius 1 is 1.38 bits per heavy atom. The number of methoxy groups -OCH3 is 1. The Balaban J connectivity index is 1.68. The fourth-order valence-electron chi connectivity index (χ4n) is 2.69. The molecule has 4 unspecified atom stereocenters. The fourth-order valence-corrected chi connectivity index (χ4v) is 2.69. The normalized spacial score (nSPS) is 40.5. The van der Waals surface area contributed by atoms with Gasteiger partial charge in [0.2, 0.25) is 0 Å². The third-order valence-electron chi connectivity index (χ3n) is 4.25. The molecule has 0 aromatic rings. The predicted molar refractivity (Wildman–Crippen MR) is 64.5 cm³/mol. The van der Waals surface area contributed by atoms with Crippen molar-refractivity contribution in [2.75, 3.05) is 20.3 Å². The number of ether oxygens (including phenoxy) is 2. The van der Waals surface area contributed by atoms with E-state index >= 15 is 0 Å². The molecule has 1 N–H and O–H groups in total. The first-order chi connectivity index (χ1) is 7.58. The molecule has 0 radical (unpaired) electrons. The van der Waals surface area contributed by atoms with Gasteiger partial charge in [-0.25, -0.2) is 0 Å². The highest BCUT2D eigenvalue weighted by Crippen LogP contribution is 2.51. The fraction of sp³-hybridized carbons (Fsp3) is 1.00. The van der Waals surface area contributed by atoms with Gasteiger partial charge in [0.15, 0.2) is 0 Å². The van der Waals surface area contributed by atoms with E-state index < -0.39 is 0 Å². The van der Waals surface area contributed by atoms with Crippen LogP contribution in [0.5, 0.6) is 0 Å². The minimum atomic E-state index is 0.252. The van der Waals surface area contributed by atoms with Crippen LogP contribution in [0.2, 0.25) is 0 Å². The lowest BCUT2D eigenvalue weighted by molar-refractivity contribution is -0.131. The predicted octanol–water partition coefficient (Wildman–Crippen LogP) is 1.81. The highest BCUT2D eigenvalue weighted by Gasteiger charge is 2.47. The Bertz CT molecular complexity index is 242. The molecule has 2 aliphatic carbocycles. The summed E-state index contributed by atoms with van der Waals surface area (Å²) in [6.07, 6.45) is 3.01. The second-order valence-corrected chi connectivity index (χ2v) is 5.83. The second-order valence-electron chi connectivity index (χ2n) is 5.83. The van der Waals surface area contributed by atoms with Crippen LogP contribution in [0.3, 0.4) is 0 Å². The molecule has 0 saturated heterocycles. The van der Waals surface area contributed by atoms with E-state index in [1.54, 1.807) is 7.11 Å². The standard InChI is InChI=1S/C13H25NO2/c1-5-16-11-6-10(12(11)15-4)14-8-9-7-13(9,2)3/h9-12,14H,5-8H2,1-4H3. The minimum absolute atomic E-state index is 0.252. The van der Waals surface area contributed by atoms with Gasteiger partial charge in [-0.1, -0.05) is 13.8 Å². The molecule has 2 fully saturated rings. The van der Waals surface area contributed by atoms with Crippen molar-refractivity contribution in [3.05, 3.63) is 0 Å². The van der Waals surface area contributed by atoms with Crippen molar-refractivity contribution in [1.29, 1.82) is 0 Å². The first kappa shape index (κ1) is 12.3. The molecule has 4 atom stereocenters. The van der Waals surface area contributed by atoms with E-state index in [2.05, 4.69) is 19.2 Å². The van der Waals surface area contributed by atoms with Crippen molar-refractivity contribution in [1.82, 2.24) is 5.32 Å². The van der Waals surface area contributed by atoms with E-state index in [1.807, 2.05) is 6.92 Å². The smallest absolute Gasteiger partial charge is 0.0986 e. The van der Waals surface area contributed by atoms with Crippen molar-refractivity contribution in [3.63, 3.8) is 0 Å². The van der Waals surface area contributed by atoms with Crippen LogP contribution in [0.1, 0.15) is 33.6 Å². The highest BCUT2D eigenvalue weighted by atomic mass is 16.5. The molecule has 16 heavy (non-hydrogen) atoms. The molecule has 2 rings (SSSR count). The van der Waals surface area contributed by atoms with Gasteiger partial charge >= 0.3 is 0 Å². The van der Waals surface area contributed by atoms with Crippen LogP contribution >= 0.6 is 0 Å². The summed E-state index contributed by atoms with van der Waals surface area (Å²) in [5, 5.41) is 3.62. The van der Waals surface area contributed by atoms with E-state index in [0.29, 0.717) is 17.6 Å². The maximum Gasteiger partial charge on any atom is 0.0986 e. The molecule has 0 heterocycles. The molecule has 0 aromatic heterocycles. The summed E-state index contributed by atoms with van der Waals surface area (Å²) in [5.74, 6) is 0.858. The third kappa shape index (κ3) is 2.41. The zero-order valence-corrected chi connectivity index (χ0v) is 11.0. The molecule has 3 heteroatoms. The van der Waals surface area contributed by atoms with Crippen molar-refractivity contribution in [2.45, 2.75) is 51.9 Å². The van der Waals surface area contributed by atoms with Crippen molar-refractivity contribution >= 4 is 0 Å². The van der Waals surface area contributed by atoms with Gasteiger partial charge in [-0.2, -0.15) is 0 Å². The average molecular weight is 227 g/mol. The number of nitrogens with one attached hydrogen (secondary N) is 1. The monoisotopic (exact) mass is 227 g/mol. The summed E-state index contributed by atoms with van der Waals surface area (Å²) in [5.41, 5.74) is 0.568. The molecule has 0 bridgehead atoms. The molecule has 3 nitrogen and oxygen atoms in total. The molecular weight excluding hydrogens is 202 g/mol. The summed E-state index contributed by atoms with van der Waals surface area (Å²) in [7, 11) is 1.78. The summed E-state index contributed by atoms with van der Waals surface area (Å²) in [4.78, 5) is 0. The summed E-state index contributed by atoms with van der Waals surface area (Å²) >= 11 is 0. The highest BCUT2D eigenvalue weighted by molar-refractivity contribution is 5.01. The van der Waals surface area contributed by atoms with Crippen LogP contribution in [0, 0.1) is 11.3 Å². The summed E-state index contributed by atoms with van der Waals surface area (Å²) < 4.78 is 11.1. The Hall–Kier alpha value is -0.120. The van der Waals surface area contributed by atoms with Crippen LogP contribution < -0.4 is 5.32 Å². The SMILES string of the molecule is CCOC1CC(NCC2CC2(C)C)C1OC. The average Bonchev–Trinajstić information content (AvgIpc) is 2.79. The third-order valence-corrected chi connectivity index (χ3v) is 4.25. The Kier molecular flexibility index (Phi) is 3.57. The first-order valence-electron chi connectivity index (χ1n) is 6.46. The van der Waals surface area contributed by atoms with Gasteiger partial charge in [0.25, 0.3) is 0 Å². The molecule has 0 aliphatic heterocycles. The lowest BCUT2D eigenvalue weighted by atomic mass is 9.85. The van der Waals surface area contributed by atoms with Gasteiger partial charge in [-0.05, 0) is 37.6 Å². The van der Waals surface area contributed by atoms with Crippen LogP contribution in [0.25, 0.3) is 0 Å². The minimum Gasteiger partial charge on any atom is -0.377 e. The van der Waals surface area contributed by atoms with Gasteiger partial charge in [-0.15, -0.1) is 0 Å². The maximum absolute atomic E-state index is 5.61. The first-order valence-corrected chi connectivity index (χ1v) is 6.46. The maximum atomic E-state index is 5.61. The van der Waals surface area contributed by atoms with Crippen LogP contribution in [-0.2, 0) is 9.47 Å². The molecule has 94 valence electrons. The van der Waals surface area contributed by atoms with E-state index in [9.17, 15) is 0 Å². The molecule has 2 saturated carbocycles. The molecule has 2 aliphatic rings. The van der Waals surface area contributed by atoms with Crippen molar-refractivity contribution < 1.29 is 9.47 Å². The lowest BCUT2D eigenvalue weighted by Gasteiger charge is -2.43. The van der Waals surface area contributed by atoms with Crippen LogP contribution in [0.4, 0.5) is 0 Å².